The van der Waals surface area contributed by atoms with Crippen LogP contribution in [0.2, 0.25) is 0 Å². The second kappa shape index (κ2) is 9.41. The molecular weight excluding hydrogens is 486 g/mol. The Morgan fingerprint density at radius 1 is 1.08 bits per heavy atom. The minimum absolute atomic E-state index is 0.0801. The van der Waals surface area contributed by atoms with Crippen LogP contribution >= 0.6 is 24.0 Å². The number of ether oxygens (including phenoxy) is 1. The van der Waals surface area contributed by atoms with E-state index in [9.17, 15) is 4.79 Å². The molecule has 1 amide bonds. The van der Waals surface area contributed by atoms with Gasteiger partial charge in [0.2, 0.25) is 0 Å². The summed E-state index contributed by atoms with van der Waals surface area (Å²) in [5.41, 5.74) is 5.84. The van der Waals surface area contributed by atoms with Gasteiger partial charge in [-0.25, -0.2) is 4.68 Å². The van der Waals surface area contributed by atoms with E-state index in [1.165, 1.54) is 17.3 Å². The van der Waals surface area contributed by atoms with Crippen molar-refractivity contribution in [3.63, 3.8) is 0 Å². The molecule has 4 aromatic rings. The largest absolute Gasteiger partial charge is 0.490 e. The summed E-state index contributed by atoms with van der Waals surface area (Å²) < 4.78 is 8.32. The van der Waals surface area contributed by atoms with Gasteiger partial charge in [0.1, 0.15) is 21.9 Å². The lowest BCUT2D eigenvalue weighted by atomic mass is 10.0. The van der Waals surface area contributed by atoms with E-state index in [0.29, 0.717) is 15.8 Å². The van der Waals surface area contributed by atoms with Crippen LogP contribution in [-0.4, -0.2) is 31.0 Å². The van der Waals surface area contributed by atoms with E-state index >= 15 is 0 Å². The summed E-state index contributed by atoms with van der Waals surface area (Å²) in [6.45, 7) is 2.54. The van der Waals surface area contributed by atoms with E-state index in [4.69, 9.17) is 22.1 Å². The molecule has 0 saturated carbocycles. The van der Waals surface area contributed by atoms with Crippen LogP contribution in [0.1, 0.15) is 23.6 Å². The van der Waals surface area contributed by atoms with Crippen molar-refractivity contribution in [3.05, 3.63) is 107 Å². The molecule has 0 N–H and O–H groups in total. The average Bonchev–Trinajstić information content (AvgIpc) is 3.56. The molecule has 0 aliphatic carbocycles. The number of nitrogens with zero attached hydrogens (tertiary/aromatic N) is 3. The number of aromatic nitrogens is 2. The zero-order valence-electron chi connectivity index (χ0n) is 19.6. The van der Waals surface area contributed by atoms with Gasteiger partial charge in [-0.15, -0.1) is 0 Å². The molecule has 3 heterocycles. The SMILES string of the molecule is CC1Cc2cc(-c3nn(-c4ccccc4)cc3/C=C3\SC(=S)N(Cc4ccccc4)C3=O)ccc2O1. The summed E-state index contributed by atoms with van der Waals surface area (Å²) in [7, 11) is 0. The topological polar surface area (TPSA) is 47.4 Å². The van der Waals surface area contributed by atoms with Gasteiger partial charge in [0, 0.05) is 23.7 Å². The van der Waals surface area contributed by atoms with Crippen molar-refractivity contribution in [1.82, 2.24) is 14.7 Å². The first-order valence-corrected chi connectivity index (χ1v) is 13.0. The molecule has 7 heteroatoms. The molecule has 0 radical (unpaired) electrons. The summed E-state index contributed by atoms with van der Waals surface area (Å²) in [5, 5.41) is 4.93. The number of thiocarbonyl (C=S) groups is 1. The number of fused-ring (bicyclic) bond motifs is 1. The van der Waals surface area contributed by atoms with Crippen molar-refractivity contribution in [2.45, 2.75) is 26.0 Å². The van der Waals surface area contributed by atoms with Crippen LogP contribution in [-0.2, 0) is 17.8 Å². The Bertz CT molecular complexity index is 1500. The third-order valence-electron chi connectivity index (χ3n) is 6.28. The number of carbonyl (C=O) groups excluding carboxylic acids is 1. The predicted octanol–water partition coefficient (Wildman–Crippen LogP) is 6.26. The van der Waals surface area contributed by atoms with Crippen LogP contribution < -0.4 is 4.74 Å². The standard InChI is InChI=1S/C29H23N3O2S2/c1-19-14-22-15-21(12-13-25(22)34-19)27-23(18-32(30-27)24-10-6-3-7-11-24)16-26-28(33)31(29(35)36-26)17-20-8-4-2-5-9-20/h2-13,15-16,18-19H,14,17H2,1H3/b26-16-. The lowest BCUT2D eigenvalue weighted by Crippen LogP contribution is -2.27. The van der Waals surface area contributed by atoms with E-state index in [2.05, 4.69) is 13.0 Å². The van der Waals surface area contributed by atoms with Crippen molar-refractivity contribution in [2.75, 3.05) is 0 Å². The third kappa shape index (κ3) is 4.36. The molecule has 0 bridgehead atoms. The Balaban J connectivity index is 1.39. The van der Waals surface area contributed by atoms with Crippen LogP contribution in [0.15, 0.2) is 90.0 Å². The number of hydrogen-bond acceptors (Lipinski definition) is 5. The van der Waals surface area contributed by atoms with Gasteiger partial charge in [-0.05, 0) is 54.5 Å². The number of hydrogen-bond donors (Lipinski definition) is 0. The highest BCUT2D eigenvalue weighted by atomic mass is 32.2. The van der Waals surface area contributed by atoms with Crippen molar-refractivity contribution in [3.8, 4) is 22.7 Å². The number of para-hydroxylation sites is 1. The quantitative estimate of drug-likeness (QED) is 0.235. The Kier molecular flexibility index (Phi) is 5.95. The van der Waals surface area contributed by atoms with Gasteiger partial charge in [-0.1, -0.05) is 72.5 Å². The number of thioether (sulfide) groups is 1. The van der Waals surface area contributed by atoms with Gasteiger partial charge in [0.05, 0.1) is 17.1 Å². The van der Waals surface area contributed by atoms with E-state index < -0.39 is 0 Å². The number of amides is 1. The predicted molar refractivity (Wildman–Crippen MR) is 148 cm³/mol. The Morgan fingerprint density at radius 2 is 1.83 bits per heavy atom. The van der Waals surface area contributed by atoms with E-state index in [1.54, 1.807) is 4.90 Å². The highest BCUT2D eigenvalue weighted by Gasteiger charge is 2.32. The first-order valence-electron chi connectivity index (χ1n) is 11.8. The first-order chi connectivity index (χ1) is 17.5. The van der Waals surface area contributed by atoms with Crippen molar-refractivity contribution >= 4 is 40.3 Å². The summed E-state index contributed by atoms with van der Waals surface area (Å²) in [6, 6.07) is 26.1. The second-order valence-electron chi connectivity index (χ2n) is 8.92. The van der Waals surface area contributed by atoms with Gasteiger partial charge >= 0.3 is 0 Å². The molecule has 3 aromatic carbocycles. The highest BCUT2D eigenvalue weighted by molar-refractivity contribution is 8.26. The summed E-state index contributed by atoms with van der Waals surface area (Å²) >= 11 is 6.91. The monoisotopic (exact) mass is 509 g/mol. The zero-order valence-corrected chi connectivity index (χ0v) is 21.3. The van der Waals surface area contributed by atoms with Crippen LogP contribution in [0.25, 0.3) is 23.0 Å². The maximum atomic E-state index is 13.3. The molecule has 1 fully saturated rings. The minimum atomic E-state index is -0.0801. The fraction of sp³-hybridized carbons (Fsp3) is 0.138. The molecule has 5 nitrogen and oxygen atoms in total. The molecule has 178 valence electrons. The molecule has 2 aliphatic heterocycles. The maximum absolute atomic E-state index is 13.3. The number of benzene rings is 3. The van der Waals surface area contributed by atoms with Gasteiger partial charge in [0.15, 0.2) is 0 Å². The van der Waals surface area contributed by atoms with Gasteiger partial charge in [-0.2, -0.15) is 5.10 Å². The molecule has 6 rings (SSSR count). The zero-order chi connectivity index (χ0) is 24.6. The number of rotatable bonds is 5. The molecule has 1 atom stereocenters. The molecular formula is C29H23N3O2S2. The van der Waals surface area contributed by atoms with Gasteiger partial charge in [0.25, 0.3) is 5.91 Å². The second-order valence-corrected chi connectivity index (χ2v) is 10.6. The van der Waals surface area contributed by atoms with Crippen molar-refractivity contribution in [1.29, 1.82) is 0 Å². The molecule has 1 aromatic heterocycles. The lowest BCUT2D eigenvalue weighted by molar-refractivity contribution is -0.122. The van der Waals surface area contributed by atoms with E-state index in [0.717, 1.165) is 40.2 Å². The average molecular weight is 510 g/mol. The molecule has 2 aliphatic rings. The normalized spacial score (nSPS) is 18.1. The maximum Gasteiger partial charge on any atom is 0.266 e. The van der Waals surface area contributed by atoms with Gasteiger partial charge in [-0.3, -0.25) is 9.69 Å². The number of carbonyl (C=O) groups is 1. The first kappa shape index (κ1) is 22.8. The minimum Gasteiger partial charge on any atom is -0.490 e. The fourth-order valence-electron chi connectivity index (χ4n) is 4.54. The molecule has 1 saturated heterocycles. The summed E-state index contributed by atoms with van der Waals surface area (Å²) in [5.74, 6) is 0.848. The van der Waals surface area contributed by atoms with Crippen LogP contribution in [0.4, 0.5) is 0 Å². The summed E-state index contributed by atoms with van der Waals surface area (Å²) in [4.78, 5) is 15.6. The van der Waals surface area contributed by atoms with Crippen LogP contribution in [0, 0.1) is 0 Å². The van der Waals surface area contributed by atoms with Crippen LogP contribution in [0.3, 0.4) is 0 Å². The summed E-state index contributed by atoms with van der Waals surface area (Å²) in [6.07, 6.45) is 4.93. The molecule has 1 unspecified atom stereocenters. The molecule has 0 spiro atoms. The Morgan fingerprint density at radius 3 is 2.61 bits per heavy atom. The smallest absolute Gasteiger partial charge is 0.266 e. The highest BCUT2D eigenvalue weighted by Crippen LogP contribution is 2.37. The Hall–Kier alpha value is -3.68. The van der Waals surface area contributed by atoms with Gasteiger partial charge < -0.3 is 4.74 Å². The van der Waals surface area contributed by atoms with Crippen molar-refractivity contribution < 1.29 is 9.53 Å². The fourth-order valence-corrected chi connectivity index (χ4v) is 5.79. The van der Waals surface area contributed by atoms with Crippen LogP contribution in [0.5, 0.6) is 5.75 Å². The lowest BCUT2D eigenvalue weighted by Gasteiger charge is -2.14. The molecule has 36 heavy (non-hydrogen) atoms. The third-order valence-corrected chi connectivity index (χ3v) is 7.65. The van der Waals surface area contributed by atoms with Crippen molar-refractivity contribution in [2.24, 2.45) is 0 Å². The van der Waals surface area contributed by atoms with E-state index in [1.807, 2.05) is 89.8 Å². The Labute approximate surface area is 219 Å². The van der Waals surface area contributed by atoms with E-state index in [-0.39, 0.29) is 12.0 Å².